The minimum absolute atomic E-state index is 0. The number of nitrogens with one attached hydrogen (secondary N) is 2. The fraction of sp³-hybridized carbons (Fsp3) is 0.381. The smallest absolute Gasteiger partial charge is 0.323 e. The maximum Gasteiger partial charge on any atom is 0.416 e. The molecule has 0 radical (unpaired) electrons. The van der Waals surface area contributed by atoms with Crippen molar-refractivity contribution in [2.75, 3.05) is 11.9 Å². The number of carbonyl (C=O) groups is 1. The molecule has 4 rings (SSSR count). The van der Waals surface area contributed by atoms with E-state index in [1.165, 1.54) is 12.1 Å². The second-order valence-electron chi connectivity index (χ2n) is 7.46. The van der Waals surface area contributed by atoms with Crippen LogP contribution in [0.4, 0.5) is 23.2 Å². The monoisotopic (exact) mass is 428 g/mol. The van der Waals surface area contributed by atoms with Crippen molar-refractivity contribution in [2.45, 2.75) is 43.8 Å². The first-order valence-corrected chi connectivity index (χ1v) is 9.31. The molecule has 0 atom stereocenters. The van der Waals surface area contributed by atoms with E-state index >= 15 is 0 Å². The van der Waals surface area contributed by atoms with Crippen LogP contribution in [0.3, 0.4) is 0 Å². The van der Waals surface area contributed by atoms with Gasteiger partial charge in [0.05, 0.1) is 16.7 Å². The zero-order chi connectivity index (χ0) is 19.9. The lowest BCUT2D eigenvalue weighted by atomic mass is 9.63. The number of fused-ring (bicyclic) bond motifs is 1. The molecular weight excluding hydrogens is 408 g/mol. The molecule has 2 aromatic carbocycles. The second-order valence-corrected chi connectivity index (χ2v) is 7.46. The number of benzene rings is 2. The lowest BCUT2D eigenvalue weighted by molar-refractivity contribution is -0.138. The molecule has 0 bridgehead atoms. The summed E-state index contributed by atoms with van der Waals surface area (Å²) >= 11 is 0. The summed E-state index contributed by atoms with van der Waals surface area (Å²) in [6, 6.07) is 8.19. The predicted octanol–water partition coefficient (Wildman–Crippen LogP) is 4.97. The molecule has 3 nitrogen and oxygen atoms in total. The fourth-order valence-electron chi connectivity index (χ4n) is 4.04. The number of alkyl halides is 3. The van der Waals surface area contributed by atoms with Gasteiger partial charge in [-0.05, 0) is 54.6 Å². The van der Waals surface area contributed by atoms with Gasteiger partial charge in [0.15, 0.2) is 0 Å². The van der Waals surface area contributed by atoms with Crippen molar-refractivity contribution < 1.29 is 22.4 Å². The van der Waals surface area contributed by atoms with Crippen LogP contribution >= 0.6 is 12.4 Å². The van der Waals surface area contributed by atoms with Gasteiger partial charge in [-0.15, -0.1) is 12.4 Å². The Balaban J connectivity index is 0.00000240. The molecule has 0 saturated heterocycles. The number of hydrogen-bond acceptors (Lipinski definition) is 2. The van der Waals surface area contributed by atoms with Gasteiger partial charge in [0, 0.05) is 6.54 Å². The van der Waals surface area contributed by atoms with E-state index in [2.05, 4.69) is 10.6 Å². The Morgan fingerprint density at radius 2 is 1.90 bits per heavy atom. The molecule has 1 heterocycles. The van der Waals surface area contributed by atoms with E-state index in [0.29, 0.717) is 43.5 Å². The van der Waals surface area contributed by atoms with Gasteiger partial charge in [-0.3, -0.25) is 4.79 Å². The van der Waals surface area contributed by atoms with Gasteiger partial charge >= 0.3 is 6.18 Å². The maximum absolute atomic E-state index is 14.9. The molecule has 29 heavy (non-hydrogen) atoms. The largest absolute Gasteiger partial charge is 0.416 e. The maximum atomic E-state index is 14.9. The summed E-state index contributed by atoms with van der Waals surface area (Å²) in [6.07, 6.45) is -2.32. The van der Waals surface area contributed by atoms with E-state index in [0.717, 1.165) is 24.1 Å². The van der Waals surface area contributed by atoms with Crippen LogP contribution in [0.2, 0.25) is 0 Å². The SMILES string of the molecule is Cl.O=C(Nc1ccc2c(c1F)CCNC2)C1(c2cccc(C(F)(F)F)c2)CCC1. The third-order valence-corrected chi connectivity index (χ3v) is 5.84. The van der Waals surface area contributed by atoms with E-state index in [4.69, 9.17) is 0 Å². The zero-order valence-corrected chi connectivity index (χ0v) is 16.4. The molecule has 1 aliphatic carbocycles. The molecule has 0 unspecified atom stereocenters. The molecule has 2 aliphatic rings. The number of halogens is 5. The number of carbonyl (C=O) groups excluding carboxylic acids is 1. The van der Waals surface area contributed by atoms with Crippen LogP contribution in [-0.4, -0.2) is 12.5 Å². The normalized spacial score (nSPS) is 17.5. The Labute approximate surface area is 172 Å². The van der Waals surface area contributed by atoms with Gasteiger partial charge in [0.1, 0.15) is 5.82 Å². The van der Waals surface area contributed by atoms with E-state index in [1.807, 2.05) is 0 Å². The van der Waals surface area contributed by atoms with E-state index < -0.39 is 28.9 Å². The Kier molecular flexibility index (Phi) is 5.92. The summed E-state index contributed by atoms with van der Waals surface area (Å²) in [6.45, 7) is 1.24. The lowest BCUT2D eigenvalue weighted by Crippen LogP contribution is -2.46. The van der Waals surface area contributed by atoms with Crippen LogP contribution in [0.15, 0.2) is 36.4 Å². The van der Waals surface area contributed by atoms with E-state index in [9.17, 15) is 22.4 Å². The van der Waals surface area contributed by atoms with Gasteiger partial charge in [0.25, 0.3) is 0 Å². The van der Waals surface area contributed by atoms with Crippen molar-refractivity contribution in [3.05, 3.63) is 64.5 Å². The zero-order valence-electron chi connectivity index (χ0n) is 15.5. The van der Waals surface area contributed by atoms with Crippen LogP contribution < -0.4 is 10.6 Å². The van der Waals surface area contributed by atoms with Crippen LogP contribution in [0, 0.1) is 5.82 Å². The Hall–Kier alpha value is -2.12. The number of rotatable bonds is 3. The Morgan fingerprint density at radius 1 is 1.14 bits per heavy atom. The second kappa shape index (κ2) is 7.95. The van der Waals surface area contributed by atoms with Crippen molar-refractivity contribution >= 4 is 24.0 Å². The molecule has 2 N–H and O–H groups in total. The summed E-state index contributed by atoms with van der Waals surface area (Å²) < 4.78 is 54.1. The van der Waals surface area contributed by atoms with Gasteiger partial charge in [-0.25, -0.2) is 4.39 Å². The Morgan fingerprint density at radius 3 is 2.55 bits per heavy atom. The summed E-state index contributed by atoms with van der Waals surface area (Å²) in [5, 5.41) is 5.81. The number of amides is 1. The summed E-state index contributed by atoms with van der Waals surface area (Å²) in [7, 11) is 0. The molecule has 1 saturated carbocycles. The molecule has 1 aliphatic heterocycles. The first-order valence-electron chi connectivity index (χ1n) is 9.31. The average Bonchev–Trinajstić information content (AvgIpc) is 2.63. The van der Waals surface area contributed by atoms with Crippen molar-refractivity contribution in [1.29, 1.82) is 0 Å². The van der Waals surface area contributed by atoms with Crippen LogP contribution in [-0.2, 0) is 29.4 Å². The average molecular weight is 429 g/mol. The molecule has 0 aromatic heterocycles. The highest BCUT2D eigenvalue weighted by Crippen LogP contribution is 2.46. The van der Waals surface area contributed by atoms with Gasteiger partial charge in [-0.2, -0.15) is 13.2 Å². The summed E-state index contributed by atoms with van der Waals surface area (Å²) in [5.41, 5.74) is 0.0240. The van der Waals surface area contributed by atoms with E-state index in [1.54, 1.807) is 12.1 Å². The minimum Gasteiger partial charge on any atom is -0.323 e. The Bertz CT molecular complexity index is 925. The number of hydrogen-bond donors (Lipinski definition) is 2. The van der Waals surface area contributed by atoms with Crippen molar-refractivity contribution in [3.63, 3.8) is 0 Å². The number of anilines is 1. The van der Waals surface area contributed by atoms with Gasteiger partial charge in [-0.1, -0.05) is 30.7 Å². The molecule has 156 valence electrons. The van der Waals surface area contributed by atoms with E-state index in [-0.39, 0.29) is 18.1 Å². The fourth-order valence-corrected chi connectivity index (χ4v) is 4.04. The molecular formula is C21H21ClF4N2O. The highest BCUT2D eigenvalue weighted by atomic mass is 35.5. The first-order chi connectivity index (χ1) is 13.3. The predicted molar refractivity (Wildman–Crippen MR) is 105 cm³/mol. The summed E-state index contributed by atoms with van der Waals surface area (Å²) in [5.74, 6) is -0.906. The van der Waals surface area contributed by atoms with Crippen molar-refractivity contribution in [1.82, 2.24) is 5.32 Å². The highest BCUT2D eigenvalue weighted by molar-refractivity contribution is 6.00. The summed E-state index contributed by atoms with van der Waals surface area (Å²) in [4.78, 5) is 13.0. The van der Waals surface area contributed by atoms with Crippen LogP contribution in [0.1, 0.15) is 41.5 Å². The lowest BCUT2D eigenvalue weighted by Gasteiger charge is -2.41. The third-order valence-electron chi connectivity index (χ3n) is 5.84. The molecule has 0 spiro atoms. The highest BCUT2D eigenvalue weighted by Gasteiger charge is 2.46. The topological polar surface area (TPSA) is 41.1 Å². The molecule has 1 amide bonds. The minimum atomic E-state index is -4.48. The van der Waals surface area contributed by atoms with Gasteiger partial charge < -0.3 is 10.6 Å². The van der Waals surface area contributed by atoms with Crippen LogP contribution in [0.5, 0.6) is 0 Å². The van der Waals surface area contributed by atoms with Crippen LogP contribution in [0.25, 0.3) is 0 Å². The molecule has 2 aromatic rings. The molecule has 1 fully saturated rings. The van der Waals surface area contributed by atoms with Crippen molar-refractivity contribution in [3.8, 4) is 0 Å². The quantitative estimate of drug-likeness (QED) is 0.677. The van der Waals surface area contributed by atoms with Crippen molar-refractivity contribution in [2.24, 2.45) is 0 Å². The first kappa shape index (κ1) is 21.6. The molecule has 8 heteroatoms. The van der Waals surface area contributed by atoms with Gasteiger partial charge in [0.2, 0.25) is 5.91 Å². The third kappa shape index (κ3) is 3.85. The standard InChI is InChI=1S/C21H20F4N2O.ClH/c22-18-16-7-10-26-12-13(16)5-6-17(18)27-19(28)20(8-2-9-20)14-3-1-4-15(11-14)21(23,24)25;/h1,3-6,11,26H,2,7-10,12H2,(H,27,28);1H.